The van der Waals surface area contributed by atoms with Crippen molar-refractivity contribution in [3.05, 3.63) is 64.7 Å². The van der Waals surface area contributed by atoms with Crippen LogP contribution in [0.3, 0.4) is 0 Å². The number of nitrogens with one attached hydrogen (secondary N) is 2. The molecule has 6 heteroatoms. The molecule has 0 aromatic heterocycles. The molecule has 2 amide bonds. The molecule has 1 unspecified atom stereocenters. The predicted molar refractivity (Wildman–Crippen MR) is 110 cm³/mol. The van der Waals surface area contributed by atoms with Gasteiger partial charge in [-0.3, -0.25) is 9.59 Å². The van der Waals surface area contributed by atoms with Gasteiger partial charge in [-0.15, -0.1) is 11.6 Å². The molecule has 28 heavy (non-hydrogen) atoms. The fourth-order valence-corrected chi connectivity index (χ4v) is 3.31. The van der Waals surface area contributed by atoms with Crippen LogP contribution in [0.5, 0.6) is 5.75 Å². The average Bonchev–Trinajstić information content (AvgIpc) is 3.00. The summed E-state index contributed by atoms with van der Waals surface area (Å²) in [4.78, 5) is 23.9. The number of rotatable bonds is 6. The van der Waals surface area contributed by atoms with Gasteiger partial charge >= 0.3 is 0 Å². The van der Waals surface area contributed by atoms with E-state index in [2.05, 4.69) is 24.5 Å². The summed E-state index contributed by atoms with van der Waals surface area (Å²) >= 11 is 5.52. The Morgan fingerprint density at radius 1 is 1.18 bits per heavy atom. The average molecular weight is 401 g/mol. The molecule has 0 fully saturated rings. The van der Waals surface area contributed by atoms with Crippen molar-refractivity contribution in [1.82, 2.24) is 10.6 Å². The highest BCUT2D eigenvalue weighted by Crippen LogP contribution is 2.38. The van der Waals surface area contributed by atoms with Gasteiger partial charge in [0.15, 0.2) is 0 Å². The fourth-order valence-electron chi connectivity index (χ4n) is 3.23. The smallest absolute Gasteiger partial charge is 0.251 e. The van der Waals surface area contributed by atoms with E-state index in [0.717, 1.165) is 22.4 Å². The van der Waals surface area contributed by atoms with Gasteiger partial charge in [0.2, 0.25) is 5.91 Å². The van der Waals surface area contributed by atoms with Crippen LogP contribution in [0.1, 0.15) is 53.9 Å². The summed E-state index contributed by atoms with van der Waals surface area (Å²) in [6.07, 6.45) is 0. The van der Waals surface area contributed by atoms with Crippen LogP contribution in [0.4, 0.5) is 0 Å². The van der Waals surface area contributed by atoms with Crippen molar-refractivity contribution in [3.8, 4) is 5.75 Å². The Kier molecular flexibility index (Phi) is 5.94. The van der Waals surface area contributed by atoms with E-state index in [4.69, 9.17) is 16.3 Å². The summed E-state index contributed by atoms with van der Waals surface area (Å²) in [6, 6.07) is 13.2. The van der Waals surface area contributed by atoms with Gasteiger partial charge in [-0.25, -0.2) is 0 Å². The lowest BCUT2D eigenvalue weighted by Crippen LogP contribution is -2.27. The number of hydrogen-bond donors (Lipinski definition) is 2. The zero-order valence-electron chi connectivity index (χ0n) is 16.3. The standard InChI is InChI=1S/C22H25ClN2O3/c1-14(25-20(26)11-23)16-6-4-15(5-7-16)12-24-21(27)17-8-9-19-18(10-17)22(2,3)13-28-19/h4-10,14H,11-13H2,1-3H3,(H,24,27)(H,25,26). The number of halogens is 1. The van der Waals surface area contributed by atoms with E-state index in [9.17, 15) is 9.59 Å². The van der Waals surface area contributed by atoms with Crippen LogP contribution in [-0.2, 0) is 16.8 Å². The topological polar surface area (TPSA) is 67.4 Å². The van der Waals surface area contributed by atoms with Crippen molar-refractivity contribution < 1.29 is 14.3 Å². The van der Waals surface area contributed by atoms with Crippen LogP contribution in [0.15, 0.2) is 42.5 Å². The Morgan fingerprint density at radius 2 is 1.89 bits per heavy atom. The second kappa shape index (κ2) is 8.23. The van der Waals surface area contributed by atoms with E-state index in [1.807, 2.05) is 43.3 Å². The highest BCUT2D eigenvalue weighted by molar-refractivity contribution is 6.27. The Morgan fingerprint density at radius 3 is 2.57 bits per heavy atom. The number of carbonyl (C=O) groups is 2. The number of benzene rings is 2. The minimum Gasteiger partial charge on any atom is -0.492 e. The maximum absolute atomic E-state index is 12.5. The highest BCUT2D eigenvalue weighted by Gasteiger charge is 2.32. The number of alkyl halides is 1. The highest BCUT2D eigenvalue weighted by atomic mass is 35.5. The van der Waals surface area contributed by atoms with Gasteiger partial charge in [0, 0.05) is 23.1 Å². The zero-order valence-corrected chi connectivity index (χ0v) is 17.1. The molecule has 2 N–H and O–H groups in total. The van der Waals surface area contributed by atoms with E-state index < -0.39 is 0 Å². The third-order valence-electron chi connectivity index (χ3n) is 4.99. The minimum atomic E-state index is -0.201. The number of carbonyl (C=O) groups excluding carboxylic acids is 2. The van der Waals surface area contributed by atoms with Gasteiger partial charge in [0.25, 0.3) is 5.91 Å². The van der Waals surface area contributed by atoms with Crippen LogP contribution in [0.25, 0.3) is 0 Å². The first-order valence-corrected chi connectivity index (χ1v) is 9.83. The van der Waals surface area contributed by atoms with Crippen molar-refractivity contribution in [2.45, 2.75) is 38.8 Å². The molecule has 1 atom stereocenters. The first kappa shape index (κ1) is 20.2. The largest absolute Gasteiger partial charge is 0.492 e. The summed E-state index contributed by atoms with van der Waals surface area (Å²) in [5, 5.41) is 5.77. The van der Waals surface area contributed by atoms with E-state index in [-0.39, 0.29) is 29.2 Å². The Hall–Kier alpha value is -2.53. The Balaban J connectivity index is 1.60. The maximum atomic E-state index is 12.5. The lowest BCUT2D eigenvalue weighted by molar-refractivity contribution is -0.119. The van der Waals surface area contributed by atoms with E-state index >= 15 is 0 Å². The molecule has 1 aliphatic rings. The fraction of sp³-hybridized carbons (Fsp3) is 0.364. The lowest BCUT2D eigenvalue weighted by atomic mass is 9.86. The van der Waals surface area contributed by atoms with Crippen molar-refractivity contribution in [1.29, 1.82) is 0 Å². The van der Waals surface area contributed by atoms with E-state index in [1.165, 1.54) is 0 Å². The molecule has 0 aliphatic carbocycles. The van der Waals surface area contributed by atoms with Gasteiger partial charge in [-0.05, 0) is 36.2 Å². The maximum Gasteiger partial charge on any atom is 0.251 e. The first-order chi connectivity index (χ1) is 13.3. The van der Waals surface area contributed by atoms with Crippen LogP contribution in [0, 0.1) is 0 Å². The van der Waals surface area contributed by atoms with Crippen molar-refractivity contribution in [2.75, 3.05) is 12.5 Å². The molecular weight excluding hydrogens is 376 g/mol. The normalized spacial score (nSPS) is 15.3. The molecular formula is C22H25ClN2O3. The summed E-state index contributed by atoms with van der Waals surface area (Å²) in [7, 11) is 0. The summed E-state index contributed by atoms with van der Waals surface area (Å²) in [6.45, 7) is 7.18. The van der Waals surface area contributed by atoms with Gasteiger partial charge in [-0.2, -0.15) is 0 Å². The van der Waals surface area contributed by atoms with Gasteiger partial charge in [0.1, 0.15) is 11.6 Å². The molecule has 2 aromatic rings. The number of ether oxygens (including phenoxy) is 1. The quantitative estimate of drug-likeness (QED) is 0.726. The number of amides is 2. The lowest BCUT2D eigenvalue weighted by Gasteiger charge is -2.16. The second-order valence-electron chi connectivity index (χ2n) is 7.73. The minimum absolute atomic E-state index is 0.0551. The molecule has 2 aromatic carbocycles. The second-order valence-corrected chi connectivity index (χ2v) is 8.00. The summed E-state index contributed by atoms with van der Waals surface area (Å²) in [5.74, 6) is 0.485. The van der Waals surface area contributed by atoms with Crippen molar-refractivity contribution >= 4 is 23.4 Å². The monoisotopic (exact) mass is 400 g/mol. The predicted octanol–water partition coefficient (Wildman–Crippen LogP) is 3.70. The first-order valence-electron chi connectivity index (χ1n) is 9.30. The molecule has 5 nitrogen and oxygen atoms in total. The number of hydrogen-bond acceptors (Lipinski definition) is 3. The van der Waals surface area contributed by atoms with Crippen molar-refractivity contribution in [2.24, 2.45) is 0 Å². The van der Waals surface area contributed by atoms with Gasteiger partial charge in [-0.1, -0.05) is 38.1 Å². The van der Waals surface area contributed by atoms with E-state index in [0.29, 0.717) is 18.7 Å². The van der Waals surface area contributed by atoms with Crippen LogP contribution >= 0.6 is 11.6 Å². The van der Waals surface area contributed by atoms with E-state index in [1.54, 1.807) is 6.07 Å². The molecule has 0 spiro atoms. The number of fused-ring (bicyclic) bond motifs is 1. The van der Waals surface area contributed by atoms with Gasteiger partial charge < -0.3 is 15.4 Å². The molecule has 0 radical (unpaired) electrons. The van der Waals surface area contributed by atoms with Crippen LogP contribution in [0.2, 0.25) is 0 Å². The molecule has 148 valence electrons. The van der Waals surface area contributed by atoms with Crippen molar-refractivity contribution in [3.63, 3.8) is 0 Å². The Labute approximate surface area is 170 Å². The molecule has 3 rings (SSSR count). The zero-order chi connectivity index (χ0) is 20.3. The SMILES string of the molecule is CC(NC(=O)CCl)c1ccc(CNC(=O)c2ccc3c(c2)C(C)(C)CO3)cc1. The summed E-state index contributed by atoms with van der Waals surface area (Å²) in [5.41, 5.74) is 3.58. The molecule has 0 bridgehead atoms. The third kappa shape index (κ3) is 4.47. The summed E-state index contributed by atoms with van der Waals surface area (Å²) < 4.78 is 5.67. The molecule has 0 saturated heterocycles. The molecule has 1 aliphatic heterocycles. The third-order valence-corrected chi connectivity index (χ3v) is 5.23. The van der Waals surface area contributed by atoms with Crippen LogP contribution < -0.4 is 15.4 Å². The molecule has 1 heterocycles. The van der Waals surface area contributed by atoms with Crippen LogP contribution in [-0.4, -0.2) is 24.3 Å². The molecule has 0 saturated carbocycles. The Bertz CT molecular complexity index is 878. The van der Waals surface area contributed by atoms with Gasteiger partial charge in [0.05, 0.1) is 12.6 Å².